The molecule has 5 heteroatoms. The second-order valence-electron chi connectivity index (χ2n) is 8.87. The quantitative estimate of drug-likeness (QED) is 0.536. The fourth-order valence-corrected chi connectivity index (χ4v) is 4.99. The molecule has 5 rings (SSSR count). The molecule has 3 aromatic rings. The van der Waals surface area contributed by atoms with E-state index in [0.29, 0.717) is 19.2 Å². The largest absolute Gasteiger partial charge is 0.496 e. The third-order valence-corrected chi connectivity index (χ3v) is 6.76. The van der Waals surface area contributed by atoms with Crippen molar-refractivity contribution >= 4 is 5.91 Å². The lowest BCUT2D eigenvalue weighted by Crippen LogP contribution is -2.33. The van der Waals surface area contributed by atoms with Gasteiger partial charge in [0.15, 0.2) is 0 Å². The van der Waals surface area contributed by atoms with Gasteiger partial charge in [-0.1, -0.05) is 37.1 Å². The first-order valence-electron chi connectivity index (χ1n) is 11.6. The van der Waals surface area contributed by atoms with E-state index < -0.39 is 0 Å². The summed E-state index contributed by atoms with van der Waals surface area (Å²) in [6.07, 6.45) is 4.67. The number of aliphatic hydroxyl groups is 1. The molecule has 1 N–H and O–H groups in total. The Morgan fingerprint density at radius 2 is 1.82 bits per heavy atom. The van der Waals surface area contributed by atoms with Gasteiger partial charge in [0.1, 0.15) is 18.1 Å². The summed E-state index contributed by atoms with van der Waals surface area (Å²) in [5, 5.41) is 9.51. The van der Waals surface area contributed by atoms with Gasteiger partial charge in [-0.25, -0.2) is 0 Å². The van der Waals surface area contributed by atoms with Gasteiger partial charge in [-0.05, 0) is 71.5 Å². The maximum absolute atomic E-state index is 12.8. The molecule has 33 heavy (non-hydrogen) atoms. The lowest BCUT2D eigenvalue weighted by molar-refractivity contribution is 0.0707. The summed E-state index contributed by atoms with van der Waals surface area (Å²) in [7, 11) is 1.65. The average Bonchev–Trinajstić information content (AvgIpc) is 3.50. The Hall–Kier alpha value is -3.31. The van der Waals surface area contributed by atoms with Gasteiger partial charge in [0.2, 0.25) is 0 Å². The zero-order valence-corrected chi connectivity index (χ0v) is 18.9. The van der Waals surface area contributed by atoms with Crippen molar-refractivity contribution in [2.45, 2.75) is 51.5 Å². The Morgan fingerprint density at radius 1 is 0.970 bits per heavy atom. The van der Waals surface area contributed by atoms with Crippen molar-refractivity contribution in [1.29, 1.82) is 0 Å². The Bertz CT molecular complexity index is 1170. The topological polar surface area (TPSA) is 59.0 Å². The molecule has 0 aromatic heterocycles. The Balaban J connectivity index is 1.31. The number of ether oxygens (including phenoxy) is 2. The van der Waals surface area contributed by atoms with Crippen molar-refractivity contribution in [1.82, 2.24) is 4.90 Å². The van der Waals surface area contributed by atoms with Crippen molar-refractivity contribution in [2.75, 3.05) is 7.11 Å². The fourth-order valence-electron chi connectivity index (χ4n) is 4.99. The highest BCUT2D eigenvalue weighted by atomic mass is 16.5. The van der Waals surface area contributed by atoms with Crippen molar-refractivity contribution in [3.8, 4) is 22.6 Å². The van der Waals surface area contributed by atoms with Crippen LogP contribution in [0.2, 0.25) is 0 Å². The predicted molar refractivity (Wildman–Crippen MR) is 127 cm³/mol. The molecule has 1 fully saturated rings. The molecule has 3 aromatic carbocycles. The van der Waals surface area contributed by atoms with Crippen LogP contribution in [0.3, 0.4) is 0 Å². The molecule has 0 spiro atoms. The van der Waals surface area contributed by atoms with E-state index in [1.807, 2.05) is 59.5 Å². The Morgan fingerprint density at radius 3 is 2.61 bits per heavy atom. The molecule has 0 atom stereocenters. The van der Waals surface area contributed by atoms with Crippen LogP contribution >= 0.6 is 0 Å². The molecule has 1 saturated carbocycles. The van der Waals surface area contributed by atoms with Crippen LogP contribution in [0.25, 0.3) is 11.1 Å². The summed E-state index contributed by atoms with van der Waals surface area (Å²) in [6, 6.07) is 20.0. The summed E-state index contributed by atoms with van der Waals surface area (Å²) in [4.78, 5) is 14.8. The van der Waals surface area contributed by atoms with E-state index in [1.165, 1.54) is 12.8 Å². The van der Waals surface area contributed by atoms with E-state index in [2.05, 4.69) is 6.07 Å². The highest BCUT2D eigenvalue weighted by Crippen LogP contribution is 2.34. The number of hydrogen-bond donors (Lipinski definition) is 1. The maximum atomic E-state index is 12.8. The van der Waals surface area contributed by atoms with Crippen molar-refractivity contribution in [2.24, 2.45) is 0 Å². The van der Waals surface area contributed by atoms with Crippen molar-refractivity contribution in [3.63, 3.8) is 0 Å². The van der Waals surface area contributed by atoms with Gasteiger partial charge in [-0.2, -0.15) is 0 Å². The van der Waals surface area contributed by atoms with Gasteiger partial charge in [0.05, 0.1) is 13.7 Å². The third-order valence-electron chi connectivity index (χ3n) is 6.76. The number of hydrogen-bond acceptors (Lipinski definition) is 4. The molecule has 0 unspecified atom stereocenters. The molecule has 1 amide bonds. The minimum atomic E-state index is -0.0151. The zero-order valence-electron chi connectivity index (χ0n) is 18.9. The number of aliphatic hydroxyl groups excluding tert-OH is 1. The van der Waals surface area contributed by atoms with E-state index in [9.17, 15) is 9.90 Å². The average molecular weight is 444 g/mol. The molecule has 1 aliphatic heterocycles. The molecule has 170 valence electrons. The molecule has 5 nitrogen and oxygen atoms in total. The molecule has 1 heterocycles. The Labute approximate surface area is 194 Å². The lowest BCUT2D eigenvalue weighted by atomic mass is 10.00. The number of benzene rings is 3. The smallest absolute Gasteiger partial charge is 0.254 e. The summed E-state index contributed by atoms with van der Waals surface area (Å²) >= 11 is 0. The van der Waals surface area contributed by atoms with Crippen LogP contribution in [0.15, 0.2) is 60.7 Å². The molecule has 0 radical (unpaired) electrons. The van der Waals surface area contributed by atoms with Gasteiger partial charge >= 0.3 is 0 Å². The standard InChI is InChI=1S/C28H29NO4/c1-32-27-12-9-19(17-30)14-26(27)21-6-4-5-20(13-21)18-33-24-10-11-25-22(15-24)16-29(28(25)31)23-7-2-3-8-23/h4-6,9-15,23,30H,2-3,7-8,16-18H2,1H3. The van der Waals surface area contributed by atoms with Gasteiger partial charge in [-0.15, -0.1) is 0 Å². The SMILES string of the molecule is COc1ccc(CO)cc1-c1cccc(COc2ccc3c(c2)CN(C2CCCC2)C3=O)c1. The van der Waals surface area contributed by atoms with Crippen LogP contribution in [0.1, 0.15) is 52.7 Å². The fraction of sp³-hybridized carbons (Fsp3) is 0.321. The zero-order chi connectivity index (χ0) is 22.8. The van der Waals surface area contributed by atoms with Crippen LogP contribution in [-0.4, -0.2) is 29.1 Å². The van der Waals surface area contributed by atoms with Crippen LogP contribution in [0.5, 0.6) is 11.5 Å². The minimum Gasteiger partial charge on any atom is -0.496 e. The first kappa shape index (κ1) is 21.5. The predicted octanol–water partition coefficient (Wildman–Crippen LogP) is 5.33. The van der Waals surface area contributed by atoms with Crippen LogP contribution in [0.4, 0.5) is 0 Å². The van der Waals surface area contributed by atoms with E-state index in [0.717, 1.165) is 57.7 Å². The first-order valence-corrected chi connectivity index (χ1v) is 11.6. The van der Waals surface area contributed by atoms with E-state index in [1.54, 1.807) is 7.11 Å². The number of nitrogens with zero attached hydrogens (tertiary/aromatic N) is 1. The van der Waals surface area contributed by atoms with Crippen LogP contribution in [0, 0.1) is 0 Å². The summed E-state index contributed by atoms with van der Waals surface area (Å²) in [5.41, 5.74) is 5.69. The van der Waals surface area contributed by atoms with Crippen LogP contribution < -0.4 is 9.47 Å². The normalized spacial score (nSPS) is 15.7. The van der Waals surface area contributed by atoms with E-state index in [-0.39, 0.29) is 12.5 Å². The van der Waals surface area contributed by atoms with Gasteiger partial charge in [-0.3, -0.25) is 4.79 Å². The molecular weight excluding hydrogens is 414 g/mol. The molecule has 1 aliphatic carbocycles. The number of methoxy groups -OCH3 is 1. The number of fused-ring (bicyclic) bond motifs is 1. The Kier molecular flexibility index (Phi) is 6.05. The second-order valence-corrected chi connectivity index (χ2v) is 8.87. The lowest BCUT2D eigenvalue weighted by Gasteiger charge is -2.23. The van der Waals surface area contributed by atoms with Crippen molar-refractivity contribution in [3.05, 3.63) is 82.9 Å². The van der Waals surface area contributed by atoms with Crippen molar-refractivity contribution < 1.29 is 19.4 Å². The molecular formula is C28H29NO4. The van der Waals surface area contributed by atoms with Gasteiger partial charge in [0, 0.05) is 23.7 Å². The molecule has 0 saturated heterocycles. The molecule has 0 bridgehead atoms. The second kappa shape index (κ2) is 9.28. The van der Waals surface area contributed by atoms with Gasteiger partial charge < -0.3 is 19.5 Å². The number of rotatable bonds is 7. The highest BCUT2D eigenvalue weighted by Gasteiger charge is 2.34. The maximum Gasteiger partial charge on any atom is 0.254 e. The third kappa shape index (κ3) is 4.33. The first-order chi connectivity index (χ1) is 16.2. The monoisotopic (exact) mass is 443 g/mol. The van der Waals surface area contributed by atoms with E-state index >= 15 is 0 Å². The summed E-state index contributed by atoms with van der Waals surface area (Å²) < 4.78 is 11.6. The minimum absolute atomic E-state index is 0.0151. The summed E-state index contributed by atoms with van der Waals surface area (Å²) in [6.45, 7) is 1.10. The number of carbonyl (C=O) groups is 1. The number of carbonyl (C=O) groups excluding carboxylic acids is 1. The van der Waals surface area contributed by atoms with E-state index in [4.69, 9.17) is 9.47 Å². The van der Waals surface area contributed by atoms with Gasteiger partial charge in [0.25, 0.3) is 5.91 Å². The number of amides is 1. The molecule has 2 aliphatic rings. The summed E-state index contributed by atoms with van der Waals surface area (Å²) in [5.74, 6) is 1.70. The highest BCUT2D eigenvalue weighted by molar-refractivity contribution is 5.98. The van der Waals surface area contributed by atoms with Crippen LogP contribution in [-0.2, 0) is 19.8 Å².